The van der Waals surface area contributed by atoms with Crippen LogP contribution in [0.2, 0.25) is 0 Å². The summed E-state index contributed by atoms with van der Waals surface area (Å²) in [7, 11) is 0. The van der Waals surface area contributed by atoms with Crippen LogP contribution in [-0.4, -0.2) is 42.5 Å². The van der Waals surface area contributed by atoms with Gasteiger partial charge in [-0.1, -0.05) is 6.92 Å². The maximum Gasteiger partial charge on any atom is 0.323 e. The average molecular weight is 201 g/mol. The van der Waals surface area contributed by atoms with Crippen molar-refractivity contribution in [3.05, 3.63) is 0 Å². The van der Waals surface area contributed by atoms with E-state index in [9.17, 15) is 9.59 Å². The lowest BCUT2D eigenvalue weighted by atomic mass is 10.2. The Morgan fingerprint density at radius 1 is 1.64 bits per heavy atom. The van der Waals surface area contributed by atoms with E-state index in [2.05, 4.69) is 0 Å². The zero-order valence-corrected chi connectivity index (χ0v) is 8.16. The zero-order chi connectivity index (χ0) is 10.6. The van der Waals surface area contributed by atoms with Crippen LogP contribution >= 0.6 is 0 Å². The molecule has 6 nitrogen and oxygen atoms in total. The molecule has 1 aliphatic heterocycles. The lowest BCUT2D eigenvalue weighted by Gasteiger charge is -2.34. The molecule has 1 rings (SSSR count). The van der Waals surface area contributed by atoms with E-state index < -0.39 is 11.8 Å². The first kappa shape index (κ1) is 10.9. The van der Waals surface area contributed by atoms with Crippen LogP contribution in [-0.2, 0) is 14.3 Å². The molecule has 0 aliphatic carbocycles. The molecule has 1 heterocycles. The molecule has 0 saturated carbocycles. The predicted octanol–water partition coefficient (Wildman–Crippen LogP) is -1.39. The van der Waals surface area contributed by atoms with E-state index in [0.29, 0.717) is 19.8 Å². The van der Waals surface area contributed by atoms with Crippen molar-refractivity contribution < 1.29 is 14.3 Å². The Hall–Kier alpha value is -1.14. The van der Waals surface area contributed by atoms with Gasteiger partial charge in [-0.05, 0) is 6.42 Å². The minimum Gasteiger partial charge on any atom is -0.377 e. The summed E-state index contributed by atoms with van der Waals surface area (Å²) >= 11 is 0. The molecule has 0 bridgehead atoms. The molecule has 0 aromatic heterocycles. The van der Waals surface area contributed by atoms with Crippen LogP contribution in [0.4, 0.5) is 0 Å². The van der Waals surface area contributed by atoms with E-state index in [0.717, 1.165) is 6.42 Å². The van der Waals surface area contributed by atoms with Gasteiger partial charge in [0.1, 0.15) is 0 Å². The molecule has 1 fully saturated rings. The highest BCUT2D eigenvalue weighted by Crippen LogP contribution is 2.10. The highest BCUT2D eigenvalue weighted by molar-refractivity contribution is 6.34. The van der Waals surface area contributed by atoms with Crippen LogP contribution in [0.1, 0.15) is 13.3 Å². The van der Waals surface area contributed by atoms with E-state index in [1.807, 2.05) is 12.3 Å². The van der Waals surface area contributed by atoms with Crippen molar-refractivity contribution in [2.75, 3.05) is 19.8 Å². The molecule has 1 unspecified atom stereocenters. The molecule has 2 amide bonds. The molecule has 0 radical (unpaired) electrons. The quantitative estimate of drug-likeness (QED) is 0.237. The van der Waals surface area contributed by atoms with Crippen molar-refractivity contribution in [1.29, 1.82) is 0 Å². The molecular weight excluding hydrogens is 186 g/mol. The highest BCUT2D eigenvalue weighted by atomic mass is 16.5. The number of carbonyl (C=O) groups is 2. The topological polar surface area (TPSA) is 84.7 Å². The van der Waals surface area contributed by atoms with Crippen molar-refractivity contribution in [2.24, 2.45) is 5.84 Å². The second-order valence-corrected chi connectivity index (χ2v) is 3.11. The normalized spacial score (nSPS) is 21.9. The number of nitrogens with two attached hydrogens (primary N) is 1. The van der Waals surface area contributed by atoms with Crippen molar-refractivity contribution in [1.82, 2.24) is 10.3 Å². The van der Waals surface area contributed by atoms with Crippen LogP contribution in [0.25, 0.3) is 0 Å². The van der Waals surface area contributed by atoms with Gasteiger partial charge >= 0.3 is 11.8 Å². The maximum atomic E-state index is 11.5. The summed E-state index contributed by atoms with van der Waals surface area (Å²) in [5, 5.41) is 0. The van der Waals surface area contributed by atoms with Crippen LogP contribution in [0.5, 0.6) is 0 Å². The largest absolute Gasteiger partial charge is 0.377 e. The zero-order valence-electron chi connectivity index (χ0n) is 8.16. The van der Waals surface area contributed by atoms with Gasteiger partial charge in [-0.2, -0.15) is 0 Å². The number of hydrazine groups is 1. The number of amides is 2. The number of nitrogens with zero attached hydrogens (tertiary/aromatic N) is 1. The number of morpholine rings is 1. The van der Waals surface area contributed by atoms with Crippen LogP contribution in [0.15, 0.2) is 0 Å². The summed E-state index contributed by atoms with van der Waals surface area (Å²) in [4.78, 5) is 24.0. The second-order valence-electron chi connectivity index (χ2n) is 3.11. The predicted molar refractivity (Wildman–Crippen MR) is 48.9 cm³/mol. The summed E-state index contributed by atoms with van der Waals surface area (Å²) < 4.78 is 5.21. The Labute approximate surface area is 82.3 Å². The monoisotopic (exact) mass is 201 g/mol. The molecule has 1 aliphatic rings. The molecule has 80 valence electrons. The first-order chi connectivity index (χ1) is 6.70. The van der Waals surface area contributed by atoms with Gasteiger partial charge in [-0.15, -0.1) is 0 Å². The lowest BCUT2D eigenvalue weighted by molar-refractivity contribution is -0.151. The fraction of sp³-hybridized carbons (Fsp3) is 0.750. The minimum absolute atomic E-state index is 0.0199. The first-order valence-corrected chi connectivity index (χ1v) is 4.60. The third-order valence-electron chi connectivity index (χ3n) is 2.28. The van der Waals surface area contributed by atoms with Gasteiger partial charge < -0.3 is 9.64 Å². The Morgan fingerprint density at radius 3 is 2.93 bits per heavy atom. The van der Waals surface area contributed by atoms with Crippen molar-refractivity contribution in [3.63, 3.8) is 0 Å². The summed E-state index contributed by atoms with van der Waals surface area (Å²) in [5.41, 5.74) is 1.84. The number of ether oxygens (including phenoxy) is 1. The summed E-state index contributed by atoms with van der Waals surface area (Å²) in [6.07, 6.45) is 0.767. The van der Waals surface area contributed by atoms with E-state index in [-0.39, 0.29) is 6.04 Å². The SMILES string of the molecule is CCC1COCCN1C(=O)C(=O)NN. The maximum absolute atomic E-state index is 11.5. The van der Waals surface area contributed by atoms with Crippen molar-refractivity contribution in [3.8, 4) is 0 Å². The molecule has 1 saturated heterocycles. The highest BCUT2D eigenvalue weighted by Gasteiger charge is 2.29. The van der Waals surface area contributed by atoms with E-state index >= 15 is 0 Å². The summed E-state index contributed by atoms with van der Waals surface area (Å²) in [6.45, 7) is 3.35. The standard InChI is InChI=1S/C8H15N3O3/c1-2-6-5-14-4-3-11(6)8(13)7(12)10-9/h6H,2-5,9H2,1H3,(H,10,12). The van der Waals surface area contributed by atoms with E-state index in [1.54, 1.807) is 0 Å². The molecule has 3 N–H and O–H groups in total. The molecule has 6 heteroatoms. The number of carbonyl (C=O) groups excluding carboxylic acids is 2. The van der Waals surface area contributed by atoms with Gasteiger partial charge in [0, 0.05) is 6.54 Å². The molecule has 14 heavy (non-hydrogen) atoms. The van der Waals surface area contributed by atoms with Gasteiger partial charge in [0.2, 0.25) is 0 Å². The van der Waals surface area contributed by atoms with Gasteiger partial charge in [-0.3, -0.25) is 15.0 Å². The van der Waals surface area contributed by atoms with Gasteiger partial charge in [0.05, 0.1) is 19.3 Å². The molecule has 0 aromatic carbocycles. The minimum atomic E-state index is -0.773. The number of hydrogen-bond donors (Lipinski definition) is 2. The Kier molecular flexibility index (Phi) is 3.84. The third-order valence-corrected chi connectivity index (χ3v) is 2.28. The molecule has 0 spiro atoms. The Balaban J connectivity index is 2.63. The van der Waals surface area contributed by atoms with Crippen molar-refractivity contribution >= 4 is 11.8 Å². The van der Waals surface area contributed by atoms with Gasteiger partial charge in [0.25, 0.3) is 0 Å². The fourth-order valence-corrected chi connectivity index (χ4v) is 1.45. The second kappa shape index (κ2) is 4.92. The Bertz CT molecular complexity index is 232. The lowest BCUT2D eigenvalue weighted by Crippen LogP contribution is -2.54. The van der Waals surface area contributed by atoms with Crippen LogP contribution in [0, 0.1) is 0 Å². The smallest absolute Gasteiger partial charge is 0.323 e. The average Bonchev–Trinajstić information content (AvgIpc) is 2.26. The van der Waals surface area contributed by atoms with E-state index in [4.69, 9.17) is 10.6 Å². The molecule has 1 atom stereocenters. The summed E-state index contributed by atoms with van der Waals surface area (Å²) in [6, 6.07) is -0.0199. The number of rotatable bonds is 1. The number of nitrogens with one attached hydrogen (secondary N) is 1. The first-order valence-electron chi connectivity index (χ1n) is 4.60. The van der Waals surface area contributed by atoms with Crippen LogP contribution < -0.4 is 11.3 Å². The summed E-state index contributed by atoms with van der Waals surface area (Å²) in [5.74, 6) is 3.53. The van der Waals surface area contributed by atoms with Crippen molar-refractivity contribution in [2.45, 2.75) is 19.4 Å². The van der Waals surface area contributed by atoms with Crippen LogP contribution in [0.3, 0.4) is 0 Å². The van der Waals surface area contributed by atoms with E-state index in [1.165, 1.54) is 4.90 Å². The van der Waals surface area contributed by atoms with Gasteiger partial charge in [0.15, 0.2) is 0 Å². The molecular formula is C8H15N3O3. The fourth-order valence-electron chi connectivity index (χ4n) is 1.45. The molecule has 0 aromatic rings. The van der Waals surface area contributed by atoms with Gasteiger partial charge in [-0.25, -0.2) is 5.84 Å². The number of hydrogen-bond acceptors (Lipinski definition) is 4. The Morgan fingerprint density at radius 2 is 2.36 bits per heavy atom. The third kappa shape index (κ3) is 2.21.